The van der Waals surface area contributed by atoms with Crippen molar-refractivity contribution in [3.63, 3.8) is 0 Å². The molecule has 0 atom stereocenters. The summed E-state index contributed by atoms with van der Waals surface area (Å²) in [5.74, 6) is -0.289. The summed E-state index contributed by atoms with van der Waals surface area (Å²) in [6.07, 6.45) is 2.25. The molecule has 0 aliphatic heterocycles. The Kier molecular flexibility index (Phi) is 6.55. The molecule has 126 valence electrons. The van der Waals surface area contributed by atoms with Crippen LogP contribution >= 0.6 is 0 Å². The number of para-hydroxylation sites is 1. The third kappa shape index (κ3) is 5.23. The number of rotatable bonds is 7. The zero-order valence-electron chi connectivity index (χ0n) is 14.3. The third-order valence-electron chi connectivity index (χ3n) is 3.75. The Morgan fingerprint density at radius 3 is 2.42 bits per heavy atom. The monoisotopic (exact) mass is 324 g/mol. The maximum Gasteiger partial charge on any atom is 0.253 e. The quantitative estimate of drug-likeness (QED) is 0.763. The first kappa shape index (κ1) is 17.7. The average Bonchev–Trinajstić information content (AvgIpc) is 2.57. The minimum absolute atomic E-state index is 0.132. The molecule has 24 heavy (non-hydrogen) atoms. The number of hydrogen-bond donors (Lipinski definition) is 2. The molecule has 0 bridgehead atoms. The second-order valence-electron chi connectivity index (χ2n) is 5.87. The molecule has 2 aromatic rings. The molecular formula is C20H24N2O2. The highest BCUT2D eigenvalue weighted by atomic mass is 16.2. The van der Waals surface area contributed by atoms with E-state index in [2.05, 4.69) is 17.6 Å². The Morgan fingerprint density at radius 2 is 1.71 bits per heavy atom. The molecule has 0 aliphatic rings. The normalized spacial score (nSPS) is 10.2. The van der Waals surface area contributed by atoms with Gasteiger partial charge in [0.2, 0.25) is 5.91 Å². The minimum Gasteiger partial charge on any atom is -0.352 e. The number of aryl methyl sites for hydroxylation is 1. The summed E-state index contributed by atoms with van der Waals surface area (Å²) >= 11 is 0. The van der Waals surface area contributed by atoms with Gasteiger partial charge in [-0.25, -0.2) is 0 Å². The van der Waals surface area contributed by atoms with Gasteiger partial charge in [0.25, 0.3) is 5.91 Å². The Labute approximate surface area is 143 Å². The molecule has 0 saturated carbocycles. The van der Waals surface area contributed by atoms with Gasteiger partial charge in [-0.15, -0.1) is 0 Å². The first-order valence-electron chi connectivity index (χ1n) is 8.32. The van der Waals surface area contributed by atoms with Crippen molar-refractivity contribution >= 4 is 17.5 Å². The Morgan fingerprint density at radius 1 is 1.00 bits per heavy atom. The summed E-state index contributed by atoms with van der Waals surface area (Å²) in [7, 11) is 0. The van der Waals surface area contributed by atoms with E-state index in [1.54, 1.807) is 18.2 Å². The Bertz CT molecular complexity index is 693. The fraction of sp³-hybridized carbons (Fsp3) is 0.300. The van der Waals surface area contributed by atoms with Gasteiger partial charge in [-0.2, -0.15) is 0 Å². The van der Waals surface area contributed by atoms with Crippen molar-refractivity contribution in [3.8, 4) is 0 Å². The number of carbonyl (C=O) groups excluding carboxylic acids is 2. The highest BCUT2D eigenvalue weighted by Crippen LogP contribution is 2.15. The van der Waals surface area contributed by atoms with E-state index in [0.29, 0.717) is 17.8 Å². The van der Waals surface area contributed by atoms with Crippen LogP contribution < -0.4 is 10.6 Å². The second kappa shape index (κ2) is 8.87. The van der Waals surface area contributed by atoms with E-state index >= 15 is 0 Å². The maximum atomic E-state index is 12.3. The van der Waals surface area contributed by atoms with E-state index in [4.69, 9.17) is 0 Å². The molecular weight excluding hydrogens is 300 g/mol. The van der Waals surface area contributed by atoms with Gasteiger partial charge < -0.3 is 10.6 Å². The number of hydrogen-bond acceptors (Lipinski definition) is 2. The lowest BCUT2D eigenvalue weighted by Gasteiger charge is -2.11. The Balaban J connectivity index is 2.02. The number of unbranched alkanes of at least 4 members (excludes halogenated alkanes) is 1. The van der Waals surface area contributed by atoms with Crippen LogP contribution in [-0.4, -0.2) is 18.4 Å². The van der Waals surface area contributed by atoms with E-state index in [0.717, 1.165) is 24.0 Å². The van der Waals surface area contributed by atoms with Gasteiger partial charge >= 0.3 is 0 Å². The second-order valence-corrected chi connectivity index (χ2v) is 5.87. The first-order chi connectivity index (χ1) is 11.6. The number of carbonyl (C=O) groups is 2. The van der Waals surface area contributed by atoms with Crippen LogP contribution in [0.15, 0.2) is 48.5 Å². The highest BCUT2D eigenvalue weighted by Gasteiger charge is 2.12. The van der Waals surface area contributed by atoms with Gasteiger partial charge in [0.1, 0.15) is 0 Å². The van der Waals surface area contributed by atoms with Crippen LogP contribution in [0.1, 0.15) is 41.3 Å². The number of amides is 2. The maximum absolute atomic E-state index is 12.3. The minimum atomic E-state index is -0.158. The lowest BCUT2D eigenvalue weighted by atomic mass is 10.1. The smallest absolute Gasteiger partial charge is 0.253 e. The molecule has 0 saturated heterocycles. The van der Waals surface area contributed by atoms with Gasteiger partial charge in [0.05, 0.1) is 17.7 Å². The van der Waals surface area contributed by atoms with Gasteiger partial charge in [-0.3, -0.25) is 9.59 Å². The molecule has 2 aromatic carbocycles. The van der Waals surface area contributed by atoms with E-state index in [9.17, 15) is 9.59 Å². The largest absolute Gasteiger partial charge is 0.352 e. The molecule has 4 heteroatoms. The standard InChI is InChI=1S/C20H24N2O2/c1-3-4-13-21-20(24)17-7-5-6-8-18(17)22-19(23)14-16-11-9-15(2)10-12-16/h5-12H,3-4,13-14H2,1-2H3,(H,21,24)(H,22,23). The van der Waals surface area contributed by atoms with E-state index in [1.165, 1.54) is 0 Å². The zero-order chi connectivity index (χ0) is 17.4. The van der Waals surface area contributed by atoms with Crippen LogP contribution in [0.5, 0.6) is 0 Å². The number of benzene rings is 2. The topological polar surface area (TPSA) is 58.2 Å². The molecule has 0 spiro atoms. The lowest BCUT2D eigenvalue weighted by molar-refractivity contribution is -0.115. The van der Waals surface area contributed by atoms with Crippen LogP contribution in [0, 0.1) is 6.92 Å². The fourth-order valence-corrected chi connectivity index (χ4v) is 2.35. The van der Waals surface area contributed by atoms with Crippen molar-refractivity contribution in [2.75, 3.05) is 11.9 Å². The molecule has 0 aliphatic carbocycles. The van der Waals surface area contributed by atoms with E-state index < -0.39 is 0 Å². The Hall–Kier alpha value is -2.62. The van der Waals surface area contributed by atoms with E-state index in [1.807, 2.05) is 37.3 Å². The van der Waals surface area contributed by atoms with Crippen molar-refractivity contribution < 1.29 is 9.59 Å². The number of nitrogens with one attached hydrogen (secondary N) is 2. The fourth-order valence-electron chi connectivity index (χ4n) is 2.35. The predicted octanol–water partition coefficient (Wildman–Crippen LogP) is 3.71. The summed E-state index contributed by atoms with van der Waals surface area (Å²) < 4.78 is 0. The van der Waals surface area contributed by atoms with Crippen molar-refractivity contribution in [2.45, 2.75) is 33.1 Å². The molecule has 2 rings (SSSR count). The van der Waals surface area contributed by atoms with Gasteiger partial charge in [0.15, 0.2) is 0 Å². The molecule has 2 N–H and O–H groups in total. The van der Waals surface area contributed by atoms with E-state index in [-0.39, 0.29) is 18.2 Å². The van der Waals surface area contributed by atoms with Crippen LogP contribution in [0.3, 0.4) is 0 Å². The molecule has 2 amide bonds. The molecule has 4 nitrogen and oxygen atoms in total. The highest BCUT2D eigenvalue weighted by molar-refractivity contribution is 6.04. The first-order valence-corrected chi connectivity index (χ1v) is 8.32. The van der Waals surface area contributed by atoms with Crippen molar-refractivity contribution in [1.29, 1.82) is 0 Å². The van der Waals surface area contributed by atoms with Crippen molar-refractivity contribution in [3.05, 3.63) is 65.2 Å². The summed E-state index contributed by atoms with van der Waals surface area (Å²) in [5.41, 5.74) is 3.14. The summed E-state index contributed by atoms with van der Waals surface area (Å²) in [6, 6.07) is 14.9. The average molecular weight is 324 g/mol. The lowest BCUT2D eigenvalue weighted by Crippen LogP contribution is -2.26. The molecule has 0 aromatic heterocycles. The summed E-state index contributed by atoms with van der Waals surface area (Å²) in [6.45, 7) is 4.73. The molecule has 0 heterocycles. The number of anilines is 1. The SMILES string of the molecule is CCCCNC(=O)c1ccccc1NC(=O)Cc1ccc(C)cc1. The van der Waals surface area contributed by atoms with Crippen LogP contribution in [-0.2, 0) is 11.2 Å². The van der Waals surface area contributed by atoms with Gasteiger partial charge in [-0.1, -0.05) is 55.3 Å². The van der Waals surface area contributed by atoms with Gasteiger partial charge in [0, 0.05) is 6.54 Å². The molecule has 0 radical (unpaired) electrons. The van der Waals surface area contributed by atoms with Crippen molar-refractivity contribution in [2.24, 2.45) is 0 Å². The third-order valence-corrected chi connectivity index (χ3v) is 3.75. The van der Waals surface area contributed by atoms with Crippen LogP contribution in [0.25, 0.3) is 0 Å². The summed E-state index contributed by atoms with van der Waals surface area (Å²) in [5, 5.41) is 5.72. The molecule has 0 unspecified atom stereocenters. The van der Waals surface area contributed by atoms with Crippen molar-refractivity contribution in [1.82, 2.24) is 5.32 Å². The summed E-state index contributed by atoms with van der Waals surface area (Å²) in [4.78, 5) is 24.5. The predicted molar refractivity (Wildman–Crippen MR) is 97.2 cm³/mol. The van der Waals surface area contributed by atoms with Gasteiger partial charge in [-0.05, 0) is 31.0 Å². The molecule has 0 fully saturated rings. The van der Waals surface area contributed by atoms with Crippen LogP contribution in [0.2, 0.25) is 0 Å². The zero-order valence-corrected chi connectivity index (χ0v) is 14.3. The van der Waals surface area contributed by atoms with Crippen LogP contribution in [0.4, 0.5) is 5.69 Å².